The molecule has 0 amide bonds. The van der Waals surface area contributed by atoms with Gasteiger partial charge in [0.05, 0.1) is 11.6 Å². The van der Waals surface area contributed by atoms with Gasteiger partial charge in [-0.05, 0) is 57.0 Å². The number of anilines is 1. The highest BCUT2D eigenvalue weighted by Crippen LogP contribution is 2.26. The minimum absolute atomic E-state index is 0.458. The lowest BCUT2D eigenvalue weighted by atomic mass is 10.1. The van der Waals surface area contributed by atoms with Crippen LogP contribution in [-0.4, -0.2) is 11.6 Å². The summed E-state index contributed by atoms with van der Waals surface area (Å²) in [5.74, 6) is 1.73. The summed E-state index contributed by atoms with van der Waals surface area (Å²) in [5, 5.41) is 3.29. The van der Waals surface area contributed by atoms with E-state index in [0.29, 0.717) is 13.2 Å². The van der Waals surface area contributed by atoms with Crippen molar-refractivity contribution in [3.8, 4) is 11.5 Å². The van der Waals surface area contributed by atoms with Gasteiger partial charge < -0.3 is 14.8 Å². The number of benzene rings is 2. The molecule has 0 radical (unpaired) electrons. The van der Waals surface area contributed by atoms with Crippen molar-refractivity contribution in [2.75, 3.05) is 11.9 Å². The Bertz CT molecular complexity index is 713. The number of hydrogen-bond donors (Lipinski definition) is 1. The van der Waals surface area contributed by atoms with Crippen LogP contribution in [0.5, 0.6) is 11.5 Å². The first-order chi connectivity index (χ1) is 11.5. The first kappa shape index (κ1) is 18.3. The van der Waals surface area contributed by atoms with E-state index in [4.69, 9.17) is 21.7 Å². The van der Waals surface area contributed by atoms with Crippen LogP contribution >= 0.6 is 12.2 Å². The van der Waals surface area contributed by atoms with Crippen molar-refractivity contribution < 1.29 is 9.47 Å². The van der Waals surface area contributed by atoms with Gasteiger partial charge in [0, 0.05) is 11.3 Å². The van der Waals surface area contributed by atoms with Crippen LogP contribution in [0, 0.1) is 13.8 Å². The Labute approximate surface area is 150 Å². The third kappa shape index (κ3) is 4.96. The van der Waals surface area contributed by atoms with Crippen LogP contribution in [0.15, 0.2) is 36.4 Å². The Balaban J connectivity index is 2.21. The van der Waals surface area contributed by atoms with Crippen LogP contribution in [0.4, 0.5) is 5.69 Å². The Morgan fingerprint density at radius 1 is 1.04 bits per heavy atom. The second kappa shape index (κ2) is 8.69. The lowest BCUT2D eigenvalue weighted by Gasteiger charge is -2.16. The highest BCUT2D eigenvalue weighted by molar-refractivity contribution is 7.80. The molecule has 1 N–H and O–H groups in total. The molecule has 0 aromatic heterocycles. The molecule has 24 heavy (non-hydrogen) atoms. The second-order valence-corrected chi connectivity index (χ2v) is 6.20. The van der Waals surface area contributed by atoms with Crippen molar-refractivity contribution in [2.45, 2.75) is 40.7 Å². The fourth-order valence-electron chi connectivity index (χ4n) is 2.42. The lowest BCUT2D eigenvalue weighted by molar-refractivity contribution is 0.302. The van der Waals surface area contributed by atoms with E-state index in [1.54, 1.807) is 0 Å². The summed E-state index contributed by atoms with van der Waals surface area (Å²) in [7, 11) is 0. The molecule has 0 spiro atoms. The normalized spacial score (nSPS) is 10.3. The van der Waals surface area contributed by atoms with E-state index >= 15 is 0 Å². The molecule has 0 aliphatic carbocycles. The molecule has 4 heteroatoms. The van der Waals surface area contributed by atoms with Crippen LogP contribution < -0.4 is 14.8 Å². The molecule has 0 bridgehead atoms. The average Bonchev–Trinajstić information content (AvgIpc) is 2.56. The Morgan fingerprint density at radius 2 is 1.83 bits per heavy atom. The van der Waals surface area contributed by atoms with Gasteiger partial charge in [0.1, 0.15) is 18.1 Å². The minimum Gasteiger partial charge on any atom is -0.494 e. The molecule has 2 aromatic rings. The lowest BCUT2D eigenvalue weighted by Crippen LogP contribution is -2.10. The Kier molecular flexibility index (Phi) is 6.62. The standard InChI is InChI=1S/C20H25NO2S/c1-5-20(24)21-18-9-8-17(22-6-2)12-16(18)13-23-19-10-7-14(3)11-15(19)4/h7-12H,5-6,13H2,1-4H3,(H,21,24). The van der Waals surface area contributed by atoms with Crippen molar-refractivity contribution >= 4 is 22.9 Å². The van der Waals surface area contributed by atoms with Crippen molar-refractivity contribution in [3.63, 3.8) is 0 Å². The SMILES string of the molecule is CCOc1ccc(NC(=S)CC)c(COc2ccc(C)cc2C)c1. The van der Waals surface area contributed by atoms with Gasteiger partial charge in [-0.25, -0.2) is 0 Å². The third-order valence-electron chi connectivity index (χ3n) is 3.70. The molecule has 0 unspecified atom stereocenters. The number of nitrogens with one attached hydrogen (secondary N) is 1. The summed E-state index contributed by atoms with van der Waals surface area (Å²) in [6, 6.07) is 12.1. The Hall–Kier alpha value is -2.07. The number of thiocarbonyl (C=S) groups is 1. The van der Waals surface area contributed by atoms with Crippen molar-refractivity contribution in [3.05, 3.63) is 53.1 Å². The van der Waals surface area contributed by atoms with Gasteiger partial charge in [-0.15, -0.1) is 0 Å². The fourth-order valence-corrected chi connectivity index (χ4v) is 2.53. The summed E-state index contributed by atoms with van der Waals surface area (Å²) >= 11 is 5.31. The molecule has 2 aromatic carbocycles. The molecular formula is C20H25NO2S. The van der Waals surface area contributed by atoms with Crippen LogP contribution in [0.3, 0.4) is 0 Å². The van der Waals surface area contributed by atoms with Crippen molar-refractivity contribution in [2.24, 2.45) is 0 Å². The molecule has 0 saturated heterocycles. The van der Waals surface area contributed by atoms with Gasteiger partial charge in [0.25, 0.3) is 0 Å². The van der Waals surface area contributed by atoms with Gasteiger partial charge in [-0.1, -0.05) is 36.8 Å². The van der Waals surface area contributed by atoms with Crippen LogP contribution in [0.2, 0.25) is 0 Å². The number of hydrogen-bond acceptors (Lipinski definition) is 3. The summed E-state index contributed by atoms with van der Waals surface area (Å²) in [6.07, 6.45) is 0.805. The molecule has 0 saturated carbocycles. The maximum absolute atomic E-state index is 6.03. The number of rotatable bonds is 7. The Morgan fingerprint density at radius 3 is 2.50 bits per heavy atom. The number of ether oxygens (including phenoxy) is 2. The van der Waals surface area contributed by atoms with Crippen molar-refractivity contribution in [1.29, 1.82) is 0 Å². The number of aryl methyl sites for hydroxylation is 2. The first-order valence-electron chi connectivity index (χ1n) is 8.29. The van der Waals surface area contributed by atoms with Crippen LogP contribution in [-0.2, 0) is 6.61 Å². The smallest absolute Gasteiger partial charge is 0.122 e. The maximum Gasteiger partial charge on any atom is 0.122 e. The zero-order chi connectivity index (χ0) is 17.5. The van der Waals surface area contributed by atoms with E-state index in [-0.39, 0.29) is 0 Å². The maximum atomic E-state index is 6.03. The zero-order valence-corrected chi connectivity index (χ0v) is 15.6. The predicted octanol–water partition coefficient (Wildman–Crippen LogP) is 5.43. The molecule has 0 fully saturated rings. The van der Waals surface area contributed by atoms with Gasteiger partial charge in [-0.2, -0.15) is 0 Å². The molecule has 0 atom stereocenters. The van der Waals surface area contributed by atoms with Gasteiger partial charge in [-0.3, -0.25) is 0 Å². The van der Waals surface area contributed by atoms with Gasteiger partial charge in [0.15, 0.2) is 0 Å². The van der Waals surface area contributed by atoms with E-state index in [2.05, 4.69) is 31.3 Å². The van der Waals surface area contributed by atoms with E-state index in [9.17, 15) is 0 Å². The molecular weight excluding hydrogens is 318 g/mol. The van der Waals surface area contributed by atoms with E-state index in [1.165, 1.54) is 5.56 Å². The van der Waals surface area contributed by atoms with Crippen molar-refractivity contribution in [1.82, 2.24) is 0 Å². The third-order valence-corrected chi connectivity index (χ3v) is 4.09. The summed E-state index contributed by atoms with van der Waals surface area (Å²) in [5.41, 5.74) is 4.36. The zero-order valence-electron chi connectivity index (χ0n) is 14.8. The fraction of sp³-hybridized carbons (Fsp3) is 0.350. The first-order valence-corrected chi connectivity index (χ1v) is 8.70. The summed E-state index contributed by atoms with van der Waals surface area (Å²) < 4.78 is 11.6. The molecule has 0 aliphatic heterocycles. The van der Waals surface area contributed by atoms with Gasteiger partial charge >= 0.3 is 0 Å². The average molecular weight is 343 g/mol. The largest absolute Gasteiger partial charge is 0.494 e. The van der Waals surface area contributed by atoms with Gasteiger partial charge in [0.2, 0.25) is 0 Å². The monoisotopic (exact) mass is 343 g/mol. The van der Waals surface area contributed by atoms with E-state index < -0.39 is 0 Å². The van der Waals surface area contributed by atoms with E-state index in [1.807, 2.05) is 38.1 Å². The van der Waals surface area contributed by atoms with Crippen LogP contribution in [0.25, 0.3) is 0 Å². The topological polar surface area (TPSA) is 30.5 Å². The molecule has 2 rings (SSSR count). The van der Waals surface area contributed by atoms with E-state index in [0.717, 1.165) is 39.7 Å². The molecule has 3 nitrogen and oxygen atoms in total. The summed E-state index contributed by atoms with van der Waals surface area (Å²) in [6.45, 7) is 9.25. The predicted molar refractivity (Wildman–Crippen MR) is 104 cm³/mol. The second-order valence-electron chi connectivity index (χ2n) is 5.71. The molecule has 128 valence electrons. The molecule has 0 heterocycles. The summed E-state index contributed by atoms with van der Waals surface area (Å²) in [4.78, 5) is 0.812. The van der Waals surface area contributed by atoms with Crippen LogP contribution in [0.1, 0.15) is 37.0 Å². The highest BCUT2D eigenvalue weighted by Gasteiger charge is 2.08. The quantitative estimate of drug-likeness (QED) is 0.679. The highest BCUT2D eigenvalue weighted by atomic mass is 32.1. The minimum atomic E-state index is 0.458. The molecule has 0 aliphatic rings.